The van der Waals surface area contributed by atoms with Crippen molar-refractivity contribution in [2.75, 3.05) is 0 Å². The average Bonchev–Trinajstić information content (AvgIpc) is 2.62. The van der Waals surface area contributed by atoms with E-state index in [4.69, 9.17) is 0 Å². The number of urea groups is 1. The maximum atomic E-state index is 12.4. The van der Waals surface area contributed by atoms with Gasteiger partial charge in [0.1, 0.15) is 5.92 Å². The molecule has 0 bridgehead atoms. The summed E-state index contributed by atoms with van der Waals surface area (Å²) < 4.78 is 0. The zero-order valence-corrected chi connectivity index (χ0v) is 17.1. The maximum Gasteiger partial charge on any atom is 0.321 e. The van der Waals surface area contributed by atoms with Gasteiger partial charge in [-0.1, -0.05) is 44.9 Å². The fourth-order valence-electron chi connectivity index (χ4n) is 3.43. The van der Waals surface area contributed by atoms with Crippen molar-refractivity contribution in [3.63, 3.8) is 0 Å². The molecule has 4 amide bonds. The van der Waals surface area contributed by atoms with E-state index >= 15 is 0 Å². The zero-order chi connectivity index (χ0) is 20.9. The van der Waals surface area contributed by atoms with Gasteiger partial charge in [-0.25, -0.2) is 4.79 Å². The number of carbonyl (C=O) groups is 3. The molecule has 8 nitrogen and oxygen atoms in total. The monoisotopic (exact) mass is 403 g/mol. The second kappa shape index (κ2) is 9.11. The van der Waals surface area contributed by atoms with Crippen molar-refractivity contribution in [2.45, 2.75) is 64.2 Å². The topological polar surface area (TPSA) is 135 Å². The number of hydrogen-bond donors (Lipinski definition) is 3. The Balaban J connectivity index is 2.03. The van der Waals surface area contributed by atoms with Gasteiger partial charge in [-0.2, -0.15) is 10.5 Å². The maximum absolute atomic E-state index is 12.4. The van der Waals surface area contributed by atoms with Crippen molar-refractivity contribution in [2.24, 2.45) is 11.3 Å². The molecular weight excluding hydrogens is 378 g/mol. The lowest BCUT2D eigenvalue weighted by molar-refractivity contribution is -0.125. The lowest BCUT2D eigenvalue weighted by atomic mass is 9.72. The summed E-state index contributed by atoms with van der Waals surface area (Å²) in [6.45, 7) is 4.90. The van der Waals surface area contributed by atoms with Gasteiger partial charge in [-0.05, 0) is 19.8 Å². The molecule has 1 saturated carbocycles. The highest BCUT2D eigenvalue weighted by atomic mass is 32.2. The summed E-state index contributed by atoms with van der Waals surface area (Å²) >= 11 is 0.992. The van der Waals surface area contributed by atoms with Crippen molar-refractivity contribution in [3.05, 3.63) is 10.6 Å². The van der Waals surface area contributed by atoms with Crippen LogP contribution in [0.15, 0.2) is 10.6 Å². The van der Waals surface area contributed by atoms with Crippen LogP contribution in [-0.2, 0) is 9.59 Å². The fourth-order valence-corrected chi connectivity index (χ4v) is 4.53. The molecule has 2 rings (SSSR count). The highest BCUT2D eigenvalue weighted by Gasteiger charge is 2.45. The molecule has 9 heteroatoms. The first-order valence-corrected chi connectivity index (χ1v) is 10.2. The molecule has 1 aliphatic carbocycles. The van der Waals surface area contributed by atoms with E-state index in [1.54, 1.807) is 20.8 Å². The molecule has 3 N–H and O–H groups in total. The van der Waals surface area contributed by atoms with E-state index < -0.39 is 34.4 Å². The molecule has 0 unspecified atom stereocenters. The molecule has 0 aromatic heterocycles. The van der Waals surface area contributed by atoms with Crippen LogP contribution in [0.1, 0.15) is 52.9 Å². The van der Waals surface area contributed by atoms with E-state index in [1.165, 1.54) is 0 Å². The van der Waals surface area contributed by atoms with Crippen LogP contribution in [0.25, 0.3) is 0 Å². The van der Waals surface area contributed by atoms with Gasteiger partial charge in [-0.15, -0.1) is 0 Å². The Morgan fingerprint density at radius 2 is 1.89 bits per heavy atom. The molecule has 0 aromatic carbocycles. The predicted octanol–water partition coefficient (Wildman–Crippen LogP) is 2.30. The van der Waals surface area contributed by atoms with Crippen LogP contribution in [0, 0.1) is 34.0 Å². The first-order valence-electron chi connectivity index (χ1n) is 9.34. The molecule has 1 fully saturated rings. The summed E-state index contributed by atoms with van der Waals surface area (Å²) in [6.07, 6.45) is 5.11. The van der Waals surface area contributed by atoms with Crippen molar-refractivity contribution in [3.8, 4) is 12.1 Å². The minimum atomic E-state index is -0.989. The second-order valence-electron chi connectivity index (χ2n) is 7.65. The highest BCUT2D eigenvalue weighted by Crippen LogP contribution is 2.42. The third-order valence-electron chi connectivity index (χ3n) is 5.17. The minimum absolute atomic E-state index is 0.0822. The van der Waals surface area contributed by atoms with Crippen LogP contribution in [0.3, 0.4) is 0 Å². The Hall–Kier alpha value is -2.52. The second-order valence-corrected chi connectivity index (χ2v) is 9.00. The molecule has 0 radical (unpaired) electrons. The molecule has 150 valence electrons. The summed E-state index contributed by atoms with van der Waals surface area (Å²) in [7, 11) is 0. The number of rotatable bonds is 4. The molecule has 2 atom stereocenters. The molecule has 0 saturated heterocycles. The number of carbonyl (C=O) groups excluding carboxylic acids is 3. The molecule has 0 aromatic rings. The van der Waals surface area contributed by atoms with E-state index in [0.717, 1.165) is 43.9 Å². The van der Waals surface area contributed by atoms with Gasteiger partial charge in [-0.3, -0.25) is 14.9 Å². The van der Waals surface area contributed by atoms with Crippen LogP contribution in [0.5, 0.6) is 0 Å². The summed E-state index contributed by atoms with van der Waals surface area (Å²) in [5, 5.41) is 26.0. The molecule has 2 aliphatic rings. The quantitative estimate of drug-likeness (QED) is 0.659. The van der Waals surface area contributed by atoms with Crippen molar-refractivity contribution < 1.29 is 14.4 Å². The first-order chi connectivity index (χ1) is 13.2. The normalized spacial score (nSPS) is 23.0. The molecule has 1 heterocycles. The number of allylic oxidation sites excluding steroid dienone is 1. The summed E-state index contributed by atoms with van der Waals surface area (Å²) in [4.78, 5) is 36.6. The van der Waals surface area contributed by atoms with Gasteiger partial charge in [0.2, 0.25) is 11.8 Å². The lowest BCUT2D eigenvalue weighted by Gasteiger charge is -2.35. The number of hydrogen-bond acceptors (Lipinski definition) is 6. The fraction of sp³-hybridized carbons (Fsp3) is 0.632. The van der Waals surface area contributed by atoms with E-state index in [0.29, 0.717) is 0 Å². The number of amides is 4. The largest absolute Gasteiger partial charge is 0.335 e. The van der Waals surface area contributed by atoms with Gasteiger partial charge < -0.3 is 10.6 Å². The van der Waals surface area contributed by atoms with Crippen LogP contribution in [-0.4, -0.2) is 29.1 Å². The van der Waals surface area contributed by atoms with Gasteiger partial charge in [0, 0.05) is 11.5 Å². The SMILES string of the molecule is C[C@@H](SC1=C(C#N)C(C)(C)[C@@H](C#N)C(=O)N1)C(=O)NC(=O)NC1CCCCC1. The molecule has 28 heavy (non-hydrogen) atoms. The van der Waals surface area contributed by atoms with Gasteiger partial charge in [0.15, 0.2) is 0 Å². The summed E-state index contributed by atoms with van der Waals surface area (Å²) in [6, 6.07) is 3.53. The summed E-state index contributed by atoms with van der Waals surface area (Å²) in [5.74, 6) is -2.01. The summed E-state index contributed by atoms with van der Waals surface area (Å²) in [5.41, 5.74) is -0.724. The molecule has 0 spiro atoms. The Kier molecular flexibility index (Phi) is 7.09. The number of nitrogens with zero attached hydrogens (tertiary/aromatic N) is 2. The molecule has 1 aliphatic heterocycles. The van der Waals surface area contributed by atoms with Crippen molar-refractivity contribution in [1.29, 1.82) is 10.5 Å². The van der Waals surface area contributed by atoms with Crippen LogP contribution in [0.4, 0.5) is 4.79 Å². The Morgan fingerprint density at radius 3 is 2.46 bits per heavy atom. The van der Waals surface area contributed by atoms with Crippen molar-refractivity contribution in [1.82, 2.24) is 16.0 Å². The van der Waals surface area contributed by atoms with E-state index in [2.05, 4.69) is 22.0 Å². The standard InChI is InChI=1S/C19H25N5O3S/c1-11(15(25)24-18(27)22-12-7-5-4-6-8-12)28-17-14(10-21)19(2,3)13(9-20)16(26)23-17/h11-13H,4-8H2,1-3H3,(H,23,26)(H2,22,24,25,27)/t11-,13+/m1/s1. The predicted molar refractivity (Wildman–Crippen MR) is 104 cm³/mol. The van der Waals surface area contributed by atoms with Gasteiger partial charge in [0.25, 0.3) is 0 Å². The lowest BCUT2D eigenvalue weighted by Crippen LogP contribution is -2.48. The smallest absolute Gasteiger partial charge is 0.321 e. The van der Waals surface area contributed by atoms with E-state index in [-0.39, 0.29) is 16.6 Å². The van der Waals surface area contributed by atoms with Gasteiger partial charge >= 0.3 is 6.03 Å². The Morgan fingerprint density at radius 1 is 1.25 bits per heavy atom. The number of nitrogens with one attached hydrogen (secondary N) is 3. The van der Waals surface area contributed by atoms with E-state index in [1.807, 2.05) is 6.07 Å². The number of imide groups is 1. The average molecular weight is 404 g/mol. The first kappa shape index (κ1) is 21.8. The number of nitriles is 2. The van der Waals surface area contributed by atoms with Crippen LogP contribution in [0.2, 0.25) is 0 Å². The van der Waals surface area contributed by atoms with Crippen LogP contribution >= 0.6 is 11.8 Å². The van der Waals surface area contributed by atoms with Crippen LogP contribution < -0.4 is 16.0 Å². The zero-order valence-electron chi connectivity index (χ0n) is 16.3. The van der Waals surface area contributed by atoms with E-state index in [9.17, 15) is 24.9 Å². The molecular formula is C19H25N5O3S. The third-order valence-corrected chi connectivity index (χ3v) is 6.28. The number of thioether (sulfide) groups is 1. The minimum Gasteiger partial charge on any atom is -0.335 e. The Bertz CT molecular complexity index is 771. The Labute approximate surface area is 169 Å². The van der Waals surface area contributed by atoms with Crippen molar-refractivity contribution >= 4 is 29.6 Å². The highest BCUT2D eigenvalue weighted by molar-refractivity contribution is 8.04. The third kappa shape index (κ3) is 4.85. The van der Waals surface area contributed by atoms with Gasteiger partial charge in [0.05, 0.1) is 28.0 Å².